The molecule has 1 aromatic heterocycles. The molecular formula is C23H18N2O3. The fraction of sp³-hybridized carbons (Fsp3) is 0.0870. The average molecular weight is 370 g/mol. The summed E-state index contributed by atoms with van der Waals surface area (Å²) in [5.74, 6) is 0.720. The Morgan fingerprint density at radius 1 is 0.964 bits per heavy atom. The van der Waals surface area contributed by atoms with Gasteiger partial charge < -0.3 is 4.42 Å². The maximum Gasteiger partial charge on any atom is 0.269 e. The van der Waals surface area contributed by atoms with Crippen LogP contribution in [0.5, 0.6) is 0 Å². The molecule has 0 spiro atoms. The summed E-state index contributed by atoms with van der Waals surface area (Å²) in [6.07, 6.45) is 0.910. The van der Waals surface area contributed by atoms with E-state index in [0.717, 1.165) is 34.1 Å². The Balaban J connectivity index is 1.94. The highest BCUT2D eigenvalue weighted by Crippen LogP contribution is 2.24. The molecule has 0 N–H and O–H groups in total. The minimum atomic E-state index is -0.415. The number of hydrogen-bond acceptors (Lipinski definition) is 4. The van der Waals surface area contributed by atoms with E-state index in [9.17, 15) is 10.1 Å². The lowest BCUT2D eigenvalue weighted by molar-refractivity contribution is -0.384. The fourth-order valence-corrected chi connectivity index (χ4v) is 3.06. The van der Waals surface area contributed by atoms with Crippen LogP contribution in [0.25, 0.3) is 22.3 Å². The number of fused-ring (bicyclic) bond motifs is 1. The van der Waals surface area contributed by atoms with E-state index in [4.69, 9.17) is 9.41 Å². The lowest BCUT2D eigenvalue weighted by Gasteiger charge is -2.06. The molecule has 0 bridgehead atoms. The molecule has 0 aliphatic heterocycles. The molecular weight excluding hydrogens is 352 g/mol. The van der Waals surface area contributed by atoms with Crippen molar-refractivity contribution >= 4 is 22.3 Å². The van der Waals surface area contributed by atoms with Crippen LogP contribution in [0, 0.1) is 10.1 Å². The third-order valence-corrected chi connectivity index (χ3v) is 4.58. The van der Waals surface area contributed by atoms with Crippen molar-refractivity contribution in [3.05, 3.63) is 99.9 Å². The number of hydrogen-bond donors (Lipinski definition) is 0. The molecule has 5 heteroatoms. The fourth-order valence-electron chi connectivity index (χ4n) is 3.06. The molecule has 3 aromatic carbocycles. The van der Waals surface area contributed by atoms with E-state index < -0.39 is 4.92 Å². The van der Waals surface area contributed by atoms with Gasteiger partial charge in [0.05, 0.1) is 16.0 Å². The second-order valence-corrected chi connectivity index (χ2v) is 6.43. The van der Waals surface area contributed by atoms with Crippen LogP contribution in [0.15, 0.2) is 88.3 Å². The summed E-state index contributed by atoms with van der Waals surface area (Å²) >= 11 is 0. The van der Waals surface area contributed by atoms with Gasteiger partial charge in [-0.25, -0.2) is 4.99 Å². The average Bonchev–Trinajstić information content (AvgIpc) is 2.74. The summed E-state index contributed by atoms with van der Waals surface area (Å²) in [7, 11) is 0. The third kappa shape index (κ3) is 3.55. The molecule has 4 rings (SSSR count). The molecule has 0 radical (unpaired) electrons. The quantitative estimate of drug-likeness (QED) is 0.336. The van der Waals surface area contributed by atoms with Gasteiger partial charge in [0, 0.05) is 29.1 Å². The highest BCUT2D eigenvalue weighted by Gasteiger charge is 2.08. The lowest BCUT2D eigenvalue weighted by atomic mass is 10.1. The summed E-state index contributed by atoms with van der Waals surface area (Å²) in [6, 6.07) is 24.1. The number of nitro benzene ring substituents is 1. The van der Waals surface area contributed by atoms with Crippen molar-refractivity contribution in [2.75, 3.05) is 0 Å². The normalized spacial score (nSPS) is 11.7. The van der Waals surface area contributed by atoms with Crippen LogP contribution in [-0.2, 0) is 6.42 Å². The van der Waals surface area contributed by atoms with Gasteiger partial charge in [-0.15, -0.1) is 0 Å². The Morgan fingerprint density at radius 2 is 1.71 bits per heavy atom. The van der Waals surface area contributed by atoms with Gasteiger partial charge in [-0.2, -0.15) is 0 Å². The van der Waals surface area contributed by atoms with Gasteiger partial charge >= 0.3 is 0 Å². The van der Waals surface area contributed by atoms with Crippen LogP contribution in [-0.4, -0.2) is 4.92 Å². The minimum Gasteiger partial charge on any atom is -0.456 e. The Kier molecular flexibility index (Phi) is 4.72. The SMILES string of the molecule is CCc1ccc2oc(-c3ccccc3)cc(=Nc3ccc([N+](=O)[O-])cc3)c2c1. The zero-order valence-electron chi connectivity index (χ0n) is 15.3. The van der Waals surface area contributed by atoms with Crippen molar-refractivity contribution in [3.63, 3.8) is 0 Å². The Hall–Kier alpha value is -3.73. The molecule has 0 amide bonds. The topological polar surface area (TPSA) is 68.6 Å². The Bertz CT molecular complexity index is 1210. The molecule has 0 aliphatic carbocycles. The van der Waals surface area contributed by atoms with Crippen molar-refractivity contribution in [2.45, 2.75) is 13.3 Å². The van der Waals surface area contributed by atoms with Crippen LogP contribution in [0.1, 0.15) is 12.5 Å². The zero-order chi connectivity index (χ0) is 19.5. The van der Waals surface area contributed by atoms with Gasteiger partial charge in [-0.3, -0.25) is 10.1 Å². The molecule has 28 heavy (non-hydrogen) atoms. The minimum absolute atomic E-state index is 0.0464. The van der Waals surface area contributed by atoms with E-state index in [0.29, 0.717) is 5.69 Å². The molecule has 138 valence electrons. The monoisotopic (exact) mass is 370 g/mol. The van der Waals surface area contributed by atoms with Gasteiger partial charge in [-0.05, 0) is 36.2 Å². The van der Waals surface area contributed by atoms with E-state index >= 15 is 0 Å². The highest BCUT2D eigenvalue weighted by atomic mass is 16.6. The first-order valence-corrected chi connectivity index (χ1v) is 9.05. The lowest BCUT2D eigenvalue weighted by Crippen LogP contribution is -2.04. The predicted molar refractivity (Wildman–Crippen MR) is 109 cm³/mol. The first-order chi connectivity index (χ1) is 13.6. The first kappa shape index (κ1) is 17.7. The van der Waals surface area contributed by atoms with E-state index in [2.05, 4.69) is 19.1 Å². The van der Waals surface area contributed by atoms with Crippen LogP contribution in [0.2, 0.25) is 0 Å². The first-order valence-electron chi connectivity index (χ1n) is 9.05. The molecule has 0 unspecified atom stereocenters. The summed E-state index contributed by atoms with van der Waals surface area (Å²) in [5.41, 5.74) is 3.60. The molecule has 0 saturated carbocycles. The number of benzene rings is 3. The molecule has 0 atom stereocenters. The van der Waals surface area contributed by atoms with Crippen LogP contribution in [0.3, 0.4) is 0 Å². The third-order valence-electron chi connectivity index (χ3n) is 4.58. The van der Waals surface area contributed by atoms with E-state index in [1.165, 1.54) is 17.7 Å². The molecule has 0 saturated heterocycles. The van der Waals surface area contributed by atoms with Crippen LogP contribution < -0.4 is 5.36 Å². The highest BCUT2D eigenvalue weighted by molar-refractivity contribution is 5.79. The molecule has 0 aliphatic rings. The second kappa shape index (κ2) is 7.48. The maximum atomic E-state index is 10.9. The molecule has 4 aromatic rings. The number of rotatable bonds is 4. The summed E-state index contributed by atoms with van der Waals surface area (Å²) in [5, 5.41) is 12.6. The van der Waals surface area contributed by atoms with Gasteiger partial charge in [0.15, 0.2) is 0 Å². The van der Waals surface area contributed by atoms with Crippen LogP contribution >= 0.6 is 0 Å². The van der Waals surface area contributed by atoms with E-state index in [1.54, 1.807) is 12.1 Å². The van der Waals surface area contributed by atoms with E-state index in [-0.39, 0.29) is 5.69 Å². The molecule has 0 fully saturated rings. The van der Waals surface area contributed by atoms with E-state index in [1.807, 2.05) is 42.5 Å². The van der Waals surface area contributed by atoms with Crippen LogP contribution in [0.4, 0.5) is 11.4 Å². The Labute approximate surface area is 161 Å². The number of nitro groups is 1. The number of aryl methyl sites for hydroxylation is 1. The van der Waals surface area contributed by atoms with Crippen molar-refractivity contribution in [3.8, 4) is 11.3 Å². The predicted octanol–water partition coefficient (Wildman–Crippen LogP) is 5.80. The number of nitrogens with zero attached hydrogens (tertiary/aromatic N) is 2. The maximum absolute atomic E-state index is 10.9. The van der Waals surface area contributed by atoms with Gasteiger partial charge in [-0.1, -0.05) is 43.3 Å². The number of non-ortho nitro benzene ring substituents is 1. The standard InChI is InChI=1S/C23H18N2O3/c1-2-16-8-13-22-20(14-16)21(15-23(28-22)17-6-4-3-5-7-17)24-18-9-11-19(12-10-18)25(26)27/h3-15H,2H2,1H3. The van der Waals surface area contributed by atoms with Crippen molar-refractivity contribution < 1.29 is 9.34 Å². The summed E-state index contributed by atoms with van der Waals surface area (Å²) in [6.45, 7) is 2.10. The van der Waals surface area contributed by atoms with Gasteiger partial charge in [0.1, 0.15) is 11.3 Å². The van der Waals surface area contributed by atoms with Crippen molar-refractivity contribution in [1.82, 2.24) is 0 Å². The summed E-state index contributed by atoms with van der Waals surface area (Å²) in [4.78, 5) is 15.2. The van der Waals surface area contributed by atoms with Crippen molar-refractivity contribution in [2.24, 2.45) is 4.99 Å². The molecule has 1 heterocycles. The van der Waals surface area contributed by atoms with Gasteiger partial charge in [0.25, 0.3) is 5.69 Å². The van der Waals surface area contributed by atoms with Crippen molar-refractivity contribution in [1.29, 1.82) is 0 Å². The Morgan fingerprint density at radius 3 is 2.39 bits per heavy atom. The second-order valence-electron chi connectivity index (χ2n) is 6.43. The smallest absolute Gasteiger partial charge is 0.269 e. The zero-order valence-corrected chi connectivity index (χ0v) is 15.3. The largest absolute Gasteiger partial charge is 0.456 e. The van der Waals surface area contributed by atoms with Gasteiger partial charge in [0.2, 0.25) is 0 Å². The molecule has 5 nitrogen and oxygen atoms in total. The summed E-state index contributed by atoms with van der Waals surface area (Å²) < 4.78 is 6.13.